The lowest BCUT2D eigenvalue weighted by atomic mass is 9.94. The average molecular weight is 802 g/mol. The van der Waals surface area contributed by atoms with Crippen LogP contribution >= 0.6 is 0 Å². The topological polar surface area (TPSA) is 194 Å². The Balaban J connectivity index is 0.00000320. The molecular formula is C43H49F2N5O8. The number of phenols is 1. The van der Waals surface area contributed by atoms with E-state index in [9.17, 15) is 24.6 Å². The van der Waals surface area contributed by atoms with Gasteiger partial charge in [0.05, 0.1) is 29.9 Å². The number of benzene rings is 4. The number of pyridine rings is 1. The van der Waals surface area contributed by atoms with Crippen LogP contribution in [-0.2, 0) is 24.2 Å². The van der Waals surface area contributed by atoms with Gasteiger partial charge < -0.3 is 40.1 Å². The molecule has 0 unspecified atom stereocenters. The van der Waals surface area contributed by atoms with Gasteiger partial charge in [-0.3, -0.25) is 24.1 Å². The number of aromatic hydroxyl groups is 1. The fourth-order valence-electron chi connectivity index (χ4n) is 7.49. The van der Waals surface area contributed by atoms with E-state index < -0.39 is 18.0 Å². The van der Waals surface area contributed by atoms with E-state index in [1.807, 2.05) is 42.5 Å². The fourth-order valence-corrected chi connectivity index (χ4v) is 7.49. The predicted molar refractivity (Wildman–Crippen MR) is 220 cm³/mol. The second-order valence-corrected chi connectivity index (χ2v) is 14.4. The zero-order valence-electron chi connectivity index (χ0n) is 32.1. The molecule has 0 aliphatic heterocycles. The van der Waals surface area contributed by atoms with E-state index in [0.29, 0.717) is 53.0 Å². The third kappa shape index (κ3) is 9.91. The molecule has 0 spiro atoms. The van der Waals surface area contributed by atoms with Crippen LogP contribution in [0.2, 0.25) is 0 Å². The van der Waals surface area contributed by atoms with Crippen LogP contribution in [0, 0.1) is 0 Å². The third-order valence-corrected chi connectivity index (χ3v) is 10.5. The number of nitrogens with two attached hydrogens (primary N) is 1. The van der Waals surface area contributed by atoms with E-state index in [2.05, 4.69) is 21.7 Å². The van der Waals surface area contributed by atoms with Crippen molar-refractivity contribution in [2.24, 2.45) is 5.73 Å². The quantitative estimate of drug-likeness (QED) is 0.0639. The molecule has 6 aromatic rings. The summed E-state index contributed by atoms with van der Waals surface area (Å²) < 4.78 is 18.7. The van der Waals surface area contributed by atoms with E-state index in [4.69, 9.17) is 19.6 Å². The van der Waals surface area contributed by atoms with Gasteiger partial charge in [0.25, 0.3) is 0 Å². The minimum Gasteiger partial charge on any atom is -0.506 e. The first-order valence-corrected chi connectivity index (χ1v) is 19.0. The summed E-state index contributed by atoms with van der Waals surface area (Å²) in [6.07, 6.45) is 3.87. The molecule has 15 heteroatoms. The Morgan fingerprint density at radius 1 is 0.983 bits per heavy atom. The summed E-state index contributed by atoms with van der Waals surface area (Å²) in [5.41, 5.74) is 11.9. The maximum absolute atomic E-state index is 13.0. The van der Waals surface area contributed by atoms with E-state index in [-0.39, 0.29) is 44.9 Å². The molecule has 308 valence electrons. The maximum Gasteiger partial charge on any atom is 0.419 e. The van der Waals surface area contributed by atoms with Crippen molar-refractivity contribution in [3.63, 3.8) is 0 Å². The second kappa shape index (κ2) is 19.4. The number of aryl methyl sites for hydroxylation is 2. The number of aromatic nitrogens is 2. The van der Waals surface area contributed by atoms with Crippen LogP contribution in [0.3, 0.4) is 0 Å². The molecule has 2 aromatic heterocycles. The standard InChI is InChI=1S/C43H47N5O8.2FH/c1-54-38-23-35-39(22-28(38)24-45-25-37(50)32-16-18-36(49)41-33(32)17-19-40(51)47-41)56-43(53)48(35)20-6-5-7-26-10-15-31(27-8-3-2-4-9-27)34(21-26)46-42(52)55-30-13-11-29(44)12-14-30;;/h2-4,8-10,15-19,21-23,29-30,37,45,49-50H,5-7,11-14,20,24-25,44H2,1H3,(H,46,52)(H,47,51);2*1H/t29?,30?,37-;;/m0../s1. The summed E-state index contributed by atoms with van der Waals surface area (Å²) in [6.45, 7) is 0.915. The van der Waals surface area contributed by atoms with Gasteiger partial charge in [-0.2, -0.15) is 0 Å². The lowest BCUT2D eigenvalue weighted by Crippen LogP contribution is -2.32. The molecule has 58 heavy (non-hydrogen) atoms. The van der Waals surface area contributed by atoms with E-state index in [0.717, 1.165) is 60.8 Å². The number of hydrogen-bond donors (Lipinski definition) is 6. The Morgan fingerprint density at radius 2 is 1.76 bits per heavy atom. The van der Waals surface area contributed by atoms with Crippen molar-refractivity contribution in [3.8, 4) is 22.6 Å². The second-order valence-electron chi connectivity index (χ2n) is 14.4. The highest BCUT2D eigenvalue weighted by molar-refractivity contribution is 5.92. The minimum absolute atomic E-state index is 0. The number of rotatable bonds is 14. The van der Waals surface area contributed by atoms with E-state index >= 15 is 0 Å². The zero-order chi connectivity index (χ0) is 39.2. The SMILES string of the molecule is COc1cc2c(cc1CNC[C@H](O)c1ccc(O)c3[nH]c(=O)ccc13)oc(=O)n2CCCCc1ccc(-c2ccccc2)c(NC(=O)OC2CCC(N)CC2)c1.F.F. The number of unbranched alkanes of at least 4 members (excludes halogenated alkanes) is 1. The van der Waals surface area contributed by atoms with Gasteiger partial charge in [0.1, 0.15) is 17.6 Å². The number of halogens is 2. The molecule has 1 amide bonds. The lowest BCUT2D eigenvalue weighted by molar-refractivity contribution is 0.0826. The number of amides is 1. The molecule has 1 saturated carbocycles. The summed E-state index contributed by atoms with van der Waals surface area (Å²) in [5.74, 6) is 0.0213. The number of hydrogen-bond acceptors (Lipinski definition) is 10. The molecule has 4 aromatic carbocycles. The first-order chi connectivity index (χ1) is 27.2. The summed E-state index contributed by atoms with van der Waals surface area (Å²) in [7, 11) is 1.56. The van der Waals surface area contributed by atoms with Gasteiger partial charge in [-0.25, -0.2) is 9.59 Å². The molecule has 0 saturated heterocycles. The molecular weight excluding hydrogens is 752 g/mol. The molecule has 7 rings (SSSR count). The van der Waals surface area contributed by atoms with E-state index in [1.54, 1.807) is 35.9 Å². The monoisotopic (exact) mass is 801 g/mol. The van der Waals surface area contributed by atoms with Crippen molar-refractivity contribution in [2.45, 2.75) is 76.3 Å². The van der Waals surface area contributed by atoms with Gasteiger partial charge >= 0.3 is 11.8 Å². The minimum atomic E-state index is -0.939. The molecule has 1 aliphatic carbocycles. The Labute approximate surface area is 332 Å². The number of phenolic OH excluding ortho intramolecular Hbond substituents is 1. The summed E-state index contributed by atoms with van der Waals surface area (Å²) in [5, 5.41) is 27.9. The molecule has 1 atom stereocenters. The molecule has 1 aliphatic rings. The number of anilines is 1. The van der Waals surface area contributed by atoms with Crippen molar-refractivity contribution in [3.05, 3.63) is 123 Å². The summed E-state index contributed by atoms with van der Waals surface area (Å²) in [6, 6.07) is 25.7. The highest BCUT2D eigenvalue weighted by Gasteiger charge is 2.23. The van der Waals surface area contributed by atoms with Crippen LogP contribution in [-0.4, -0.2) is 51.7 Å². The number of oxazole rings is 1. The molecule has 0 radical (unpaired) electrons. The van der Waals surface area contributed by atoms with Gasteiger partial charge in [0, 0.05) is 54.3 Å². The van der Waals surface area contributed by atoms with Gasteiger partial charge in [0.15, 0.2) is 5.58 Å². The summed E-state index contributed by atoms with van der Waals surface area (Å²) in [4.78, 5) is 40.4. The predicted octanol–water partition coefficient (Wildman–Crippen LogP) is 6.79. The smallest absolute Gasteiger partial charge is 0.419 e. The van der Waals surface area contributed by atoms with Crippen LogP contribution in [0.1, 0.15) is 61.3 Å². The van der Waals surface area contributed by atoms with E-state index in [1.165, 1.54) is 12.1 Å². The number of fused-ring (bicyclic) bond motifs is 2. The molecule has 7 N–H and O–H groups in total. The fraction of sp³-hybridized carbons (Fsp3) is 0.326. The highest BCUT2D eigenvalue weighted by Crippen LogP contribution is 2.32. The molecule has 13 nitrogen and oxygen atoms in total. The van der Waals surface area contributed by atoms with Crippen molar-refractivity contribution in [2.75, 3.05) is 19.0 Å². The number of H-pyrrole nitrogens is 1. The number of nitrogens with one attached hydrogen (secondary N) is 3. The zero-order valence-corrected chi connectivity index (χ0v) is 32.1. The number of nitrogens with zero attached hydrogens (tertiary/aromatic N) is 1. The van der Waals surface area contributed by atoms with Crippen LogP contribution in [0.5, 0.6) is 11.5 Å². The third-order valence-electron chi connectivity index (χ3n) is 10.5. The number of carbonyl (C=O) groups is 1. The molecule has 2 heterocycles. The Bertz CT molecular complexity index is 2440. The lowest BCUT2D eigenvalue weighted by Gasteiger charge is -2.26. The summed E-state index contributed by atoms with van der Waals surface area (Å²) >= 11 is 0. The van der Waals surface area contributed by atoms with Crippen molar-refractivity contribution in [1.29, 1.82) is 0 Å². The normalized spacial score (nSPS) is 15.6. The number of carbonyl (C=O) groups excluding carboxylic acids is 1. The molecule has 1 fully saturated rings. The van der Waals surface area contributed by atoms with Crippen molar-refractivity contribution < 1.29 is 38.3 Å². The number of aromatic amines is 1. The molecule has 0 bridgehead atoms. The number of aliphatic hydroxyl groups is 1. The largest absolute Gasteiger partial charge is 0.506 e. The first kappa shape index (κ1) is 43.1. The Morgan fingerprint density at radius 3 is 2.52 bits per heavy atom. The van der Waals surface area contributed by atoms with Crippen molar-refractivity contribution >= 4 is 33.8 Å². The van der Waals surface area contributed by atoms with Gasteiger partial charge in [0.2, 0.25) is 5.56 Å². The van der Waals surface area contributed by atoms with Gasteiger partial charge in [-0.05, 0) is 85.9 Å². The Hall–Kier alpha value is -6.03. The number of methoxy groups -OCH3 is 1. The number of aliphatic hydroxyl groups excluding tert-OH is 1. The van der Waals surface area contributed by atoms with Gasteiger partial charge in [-0.1, -0.05) is 48.5 Å². The van der Waals surface area contributed by atoms with Crippen LogP contribution in [0.15, 0.2) is 98.9 Å². The van der Waals surface area contributed by atoms with Crippen LogP contribution in [0.25, 0.3) is 33.1 Å². The maximum atomic E-state index is 13.0. The van der Waals surface area contributed by atoms with Crippen LogP contribution < -0.4 is 32.4 Å². The number of ether oxygens (including phenoxy) is 2. The van der Waals surface area contributed by atoms with Gasteiger partial charge in [-0.15, -0.1) is 0 Å². The van der Waals surface area contributed by atoms with Crippen molar-refractivity contribution in [1.82, 2.24) is 14.9 Å². The first-order valence-electron chi connectivity index (χ1n) is 19.0. The van der Waals surface area contributed by atoms with Crippen LogP contribution in [0.4, 0.5) is 19.9 Å². The average Bonchev–Trinajstić information content (AvgIpc) is 3.50. The Kier molecular flexibility index (Phi) is 14.4. The highest BCUT2D eigenvalue weighted by atomic mass is 19.0.